The molecule has 1 aliphatic carbocycles. The van der Waals surface area contributed by atoms with Crippen molar-refractivity contribution in [1.82, 2.24) is 9.21 Å². The first-order valence-electron chi connectivity index (χ1n) is 10.4. The average molecular weight is 407 g/mol. The first kappa shape index (κ1) is 19.9. The number of sulfonamides is 1. The van der Waals surface area contributed by atoms with Crippen LogP contribution in [0.1, 0.15) is 50.5 Å². The van der Waals surface area contributed by atoms with Crippen LogP contribution in [0.4, 0.5) is 0 Å². The number of rotatable bonds is 6. The van der Waals surface area contributed by atoms with Gasteiger partial charge in [-0.3, -0.25) is 4.79 Å². The Labute approximate surface area is 167 Å². The number of hydrogen-bond acceptors (Lipinski definition) is 4. The quantitative estimate of drug-likeness (QED) is 0.729. The zero-order chi connectivity index (χ0) is 19.8. The van der Waals surface area contributed by atoms with Crippen LogP contribution in [0.3, 0.4) is 0 Å². The average Bonchev–Trinajstić information content (AvgIpc) is 3.40. The van der Waals surface area contributed by atoms with Crippen LogP contribution in [-0.2, 0) is 25.1 Å². The Balaban J connectivity index is 1.56. The van der Waals surface area contributed by atoms with Gasteiger partial charge in [0.15, 0.2) is 0 Å². The molecule has 1 aromatic rings. The number of likely N-dealkylation sites (tertiary alicyclic amines) is 1. The fraction of sp³-hybridized carbons (Fsp3) is 0.667. The molecule has 154 valence electrons. The van der Waals surface area contributed by atoms with Gasteiger partial charge in [-0.05, 0) is 30.4 Å². The first-order chi connectivity index (χ1) is 13.5. The third-order valence-electron chi connectivity index (χ3n) is 6.77. The van der Waals surface area contributed by atoms with Gasteiger partial charge in [0.05, 0.1) is 17.0 Å². The largest absolute Gasteiger partial charge is 0.383 e. The van der Waals surface area contributed by atoms with E-state index < -0.39 is 15.6 Å². The van der Waals surface area contributed by atoms with Gasteiger partial charge in [0, 0.05) is 33.2 Å². The van der Waals surface area contributed by atoms with Crippen LogP contribution in [0.25, 0.3) is 0 Å². The van der Waals surface area contributed by atoms with Crippen molar-refractivity contribution in [1.29, 1.82) is 0 Å². The van der Waals surface area contributed by atoms with Crippen LogP contribution in [0.2, 0.25) is 0 Å². The van der Waals surface area contributed by atoms with Crippen LogP contribution in [0, 0.1) is 5.92 Å². The fourth-order valence-electron chi connectivity index (χ4n) is 5.28. The van der Waals surface area contributed by atoms with Crippen molar-refractivity contribution in [2.75, 3.05) is 33.4 Å². The molecule has 4 rings (SSSR count). The summed E-state index contributed by atoms with van der Waals surface area (Å²) in [5.74, 6) is 0.851. The maximum atomic E-state index is 13.2. The number of hydrogen-bond donors (Lipinski definition) is 0. The van der Waals surface area contributed by atoms with E-state index >= 15 is 0 Å². The normalized spacial score (nSPS) is 27.0. The number of ether oxygens (including phenoxy) is 1. The summed E-state index contributed by atoms with van der Waals surface area (Å²) >= 11 is 0. The van der Waals surface area contributed by atoms with Crippen molar-refractivity contribution in [3.8, 4) is 0 Å². The number of benzene rings is 1. The van der Waals surface area contributed by atoms with Gasteiger partial charge in [-0.25, -0.2) is 8.42 Å². The molecule has 2 aliphatic heterocycles. The molecule has 6 nitrogen and oxygen atoms in total. The van der Waals surface area contributed by atoms with Gasteiger partial charge in [-0.15, -0.1) is 0 Å². The number of methoxy groups -OCH3 is 1. The highest BCUT2D eigenvalue weighted by molar-refractivity contribution is 7.89. The molecule has 1 saturated heterocycles. The van der Waals surface area contributed by atoms with Gasteiger partial charge in [0.2, 0.25) is 15.9 Å². The second kappa shape index (κ2) is 7.76. The predicted octanol–water partition coefficient (Wildman–Crippen LogP) is 2.74. The summed E-state index contributed by atoms with van der Waals surface area (Å²) in [5, 5.41) is 0. The Kier molecular flexibility index (Phi) is 5.51. The molecule has 1 amide bonds. The third kappa shape index (κ3) is 3.27. The van der Waals surface area contributed by atoms with Gasteiger partial charge in [-0.1, -0.05) is 43.9 Å². The zero-order valence-corrected chi connectivity index (χ0v) is 17.4. The summed E-state index contributed by atoms with van der Waals surface area (Å²) < 4.78 is 33.2. The summed E-state index contributed by atoms with van der Waals surface area (Å²) in [7, 11) is -1.99. The van der Waals surface area contributed by atoms with Gasteiger partial charge in [0.25, 0.3) is 0 Å². The molecule has 0 radical (unpaired) electrons. The molecule has 0 N–H and O–H groups in total. The van der Waals surface area contributed by atoms with E-state index in [1.165, 1.54) is 25.7 Å². The predicted molar refractivity (Wildman–Crippen MR) is 106 cm³/mol. The molecule has 7 heteroatoms. The highest BCUT2D eigenvalue weighted by Gasteiger charge is 2.57. The van der Waals surface area contributed by atoms with Crippen LogP contribution < -0.4 is 0 Å². The van der Waals surface area contributed by atoms with E-state index in [4.69, 9.17) is 4.74 Å². The Hall–Kier alpha value is -1.44. The fourth-order valence-corrected chi connectivity index (χ4v) is 7.33. The minimum atomic E-state index is -3.57. The smallest absolute Gasteiger partial charge is 0.244 e. The van der Waals surface area contributed by atoms with Gasteiger partial charge >= 0.3 is 0 Å². The second-order valence-corrected chi connectivity index (χ2v) is 10.2. The number of fused-ring (bicyclic) bond motifs is 2. The zero-order valence-electron chi connectivity index (χ0n) is 16.6. The number of amides is 1. The summed E-state index contributed by atoms with van der Waals surface area (Å²) in [6.07, 6.45) is 7.24. The molecule has 3 aliphatic rings. The molecule has 1 saturated carbocycles. The van der Waals surface area contributed by atoms with Gasteiger partial charge < -0.3 is 9.64 Å². The van der Waals surface area contributed by atoms with Crippen molar-refractivity contribution < 1.29 is 17.9 Å². The molecule has 0 bridgehead atoms. The summed E-state index contributed by atoms with van der Waals surface area (Å²) in [6.45, 7) is 1.69. The molecular weight excluding hydrogens is 376 g/mol. The standard InChI is InChI=1S/C21H30N2O4S/c1-27-15-14-23-21(18-8-4-5-9-19(18)28(23,25)26)12-13-22(16-21)20(24)11-10-17-6-2-3-7-17/h4-5,8-9,17H,2-3,6-7,10-16H2,1H3/t21-/m1/s1. The van der Waals surface area contributed by atoms with Crippen molar-refractivity contribution in [3.63, 3.8) is 0 Å². The Bertz CT molecular complexity index is 835. The summed E-state index contributed by atoms with van der Waals surface area (Å²) in [5.41, 5.74) is 0.175. The molecular formula is C21H30N2O4S. The maximum Gasteiger partial charge on any atom is 0.244 e. The van der Waals surface area contributed by atoms with Crippen molar-refractivity contribution in [2.45, 2.75) is 55.4 Å². The van der Waals surface area contributed by atoms with E-state index in [0.29, 0.717) is 49.9 Å². The molecule has 28 heavy (non-hydrogen) atoms. The SMILES string of the molecule is COCCN1[C@@]2(CCN(C(=O)CCC3CCCC3)C2)c2ccccc2S1(=O)=O. The molecule has 2 heterocycles. The van der Waals surface area contributed by atoms with Crippen LogP contribution in [0.15, 0.2) is 29.2 Å². The minimum Gasteiger partial charge on any atom is -0.383 e. The van der Waals surface area contributed by atoms with E-state index in [1.54, 1.807) is 23.5 Å². The molecule has 0 unspecified atom stereocenters. The lowest BCUT2D eigenvalue weighted by molar-refractivity contribution is -0.130. The van der Waals surface area contributed by atoms with Crippen molar-refractivity contribution in [2.24, 2.45) is 5.92 Å². The van der Waals surface area contributed by atoms with E-state index in [-0.39, 0.29) is 5.91 Å². The van der Waals surface area contributed by atoms with Crippen molar-refractivity contribution in [3.05, 3.63) is 29.8 Å². The van der Waals surface area contributed by atoms with E-state index in [1.807, 2.05) is 17.0 Å². The highest BCUT2D eigenvalue weighted by atomic mass is 32.2. The molecule has 0 aromatic heterocycles. The topological polar surface area (TPSA) is 66.9 Å². The maximum absolute atomic E-state index is 13.2. The number of carbonyl (C=O) groups is 1. The molecule has 2 fully saturated rings. The second-order valence-electron chi connectivity index (χ2n) is 8.35. The Morgan fingerprint density at radius 1 is 1.25 bits per heavy atom. The Morgan fingerprint density at radius 3 is 2.75 bits per heavy atom. The van der Waals surface area contributed by atoms with Crippen molar-refractivity contribution >= 4 is 15.9 Å². The minimum absolute atomic E-state index is 0.164. The van der Waals surface area contributed by atoms with E-state index in [0.717, 1.165) is 12.0 Å². The monoisotopic (exact) mass is 406 g/mol. The lowest BCUT2D eigenvalue weighted by atomic mass is 9.89. The molecule has 1 spiro atoms. The lowest BCUT2D eigenvalue weighted by Crippen LogP contribution is -2.47. The lowest BCUT2D eigenvalue weighted by Gasteiger charge is -2.34. The van der Waals surface area contributed by atoms with Gasteiger partial charge in [0.1, 0.15) is 0 Å². The van der Waals surface area contributed by atoms with Crippen LogP contribution in [-0.4, -0.2) is 56.9 Å². The summed E-state index contributed by atoms with van der Waals surface area (Å²) in [6, 6.07) is 7.25. The Morgan fingerprint density at radius 2 is 2.00 bits per heavy atom. The summed E-state index contributed by atoms with van der Waals surface area (Å²) in [4.78, 5) is 15.1. The number of carbonyl (C=O) groups excluding carboxylic acids is 1. The van der Waals surface area contributed by atoms with E-state index in [2.05, 4.69) is 0 Å². The van der Waals surface area contributed by atoms with Crippen LogP contribution in [0.5, 0.6) is 0 Å². The van der Waals surface area contributed by atoms with Crippen LogP contribution >= 0.6 is 0 Å². The molecule has 1 aromatic carbocycles. The first-order valence-corrected chi connectivity index (χ1v) is 11.8. The van der Waals surface area contributed by atoms with E-state index in [9.17, 15) is 13.2 Å². The van der Waals surface area contributed by atoms with Gasteiger partial charge in [-0.2, -0.15) is 4.31 Å². The number of nitrogens with zero attached hydrogens (tertiary/aromatic N) is 2. The highest BCUT2D eigenvalue weighted by Crippen LogP contribution is 2.49. The third-order valence-corrected chi connectivity index (χ3v) is 8.80. The molecule has 1 atom stereocenters.